The Morgan fingerprint density at radius 2 is 0.884 bits per heavy atom. The maximum atomic E-state index is 13.0. The van der Waals surface area contributed by atoms with E-state index in [0.29, 0.717) is 51.7 Å². The average Bonchev–Trinajstić information content (AvgIpc) is 1.59. The number of ketones is 4. The molecule has 0 bridgehead atoms. The molecule has 9 N–H and O–H groups in total. The van der Waals surface area contributed by atoms with E-state index >= 15 is 0 Å². The molecule has 10 aromatic rings. The maximum Gasteiger partial charge on any atom is 0.186 e. The van der Waals surface area contributed by atoms with Gasteiger partial charge in [-0.15, -0.1) is 0 Å². The van der Waals surface area contributed by atoms with Crippen LogP contribution in [0.5, 0.6) is 0 Å². The van der Waals surface area contributed by atoms with Gasteiger partial charge in [0.2, 0.25) is 0 Å². The number of piperazine rings is 4. The molecular weight excluding hydrogens is 1440 g/mol. The van der Waals surface area contributed by atoms with Crippen LogP contribution >= 0.6 is 22.7 Å². The first kappa shape index (κ1) is 78.7. The SMILES string of the molecule is CN1CCN(c2ccc(C(=O)Cc3cc(-c4ccncc4)ccc3N)cn2)CC1.CN1CCN(c2ccc(C(=O)Cc3cc(-c4ccncc4)ccc3N)nc2)CC1.CN1CCN(c2ncc(C(=O)Cc3cc(C4=CC=CC4)ccc3N)s2)CC1.Cc1nc(N2CCNCC2)sc1C(=O)Cc1cc(C2=CC=CC2)ccc1N. The zero-order chi connectivity index (χ0) is 78.0. The number of rotatable bonds is 20. The van der Waals surface area contributed by atoms with Crippen molar-refractivity contribution in [3.05, 3.63) is 261 Å². The van der Waals surface area contributed by atoms with Gasteiger partial charge < -0.3 is 62.6 Å². The van der Waals surface area contributed by atoms with Gasteiger partial charge >= 0.3 is 0 Å². The van der Waals surface area contributed by atoms with Crippen LogP contribution in [0.15, 0.2) is 201 Å². The lowest BCUT2D eigenvalue weighted by molar-refractivity contribution is 0.0981. The van der Waals surface area contributed by atoms with Crippen LogP contribution in [0.25, 0.3) is 33.4 Å². The van der Waals surface area contributed by atoms with Crippen LogP contribution in [0.2, 0.25) is 0 Å². The Morgan fingerprint density at radius 3 is 1.37 bits per heavy atom. The second kappa shape index (κ2) is 37.6. The van der Waals surface area contributed by atoms with E-state index in [-0.39, 0.29) is 36.0 Å². The Labute approximate surface area is 664 Å². The predicted molar refractivity (Wildman–Crippen MR) is 457 cm³/mol. The van der Waals surface area contributed by atoms with Gasteiger partial charge in [-0.2, -0.15) is 0 Å². The van der Waals surface area contributed by atoms with E-state index in [0.717, 1.165) is 206 Å². The van der Waals surface area contributed by atoms with Crippen molar-refractivity contribution in [3.63, 3.8) is 0 Å². The van der Waals surface area contributed by atoms with E-state index in [4.69, 9.17) is 22.9 Å². The summed E-state index contributed by atoms with van der Waals surface area (Å²) in [6.07, 6.45) is 27.8. The minimum atomic E-state index is -0.0338. The lowest BCUT2D eigenvalue weighted by Crippen LogP contribution is -2.44. The normalized spacial score (nSPS) is 15.8. The van der Waals surface area contributed by atoms with Gasteiger partial charge in [0.15, 0.2) is 33.4 Å². The molecule has 6 aromatic heterocycles. The van der Waals surface area contributed by atoms with E-state index in [1.165, 1.54) is 33.8 Å². The molecule has 2 aliphatic carbocycles. The number of allylic oxidation sites excluding steroid dienone is 8. The molecule has 4 aromatic carbocycles. The van der Waals surface area contributed by atoms with Crippen molar-refractivity contribution >= 4 is 101 Å². The van der Waals surface area contributed by atoms with Crippen molar-refractivity contribution in [3.8, 4) is 22.3 Å². The molecule has 112 heavy (non-hydrogen) atoms. The van der Waals surface area contributed by atoms with Crippen molar-refractivity contribution in [1.29, 1.82) is 0 Å². The molecule has 0 unspecified atom stereocenters. The number of likely N-dealkylation sites (N-methyl/N-ethyl adjacent to an activating group) is 3. The smallest absolute Gasteiger partial charge is 0.186 e. The number of nitrogens with zero attached hydrogens (tertiary/aromatic N) is 13. The van der Waals surface area contributed by atoms with Crippen LogP contribution in [0.1, 0.15) is 92.1 Å². The van der Waals surface area contributed by atoms with Gasteiger partial charge in [-0.1, -0.05) is 83.4 Å². The Bertz CT molecular complexity index is 4890. The van der Waals surface area contributed by atoms with Gasteiger partial charge in [0.05, 0.1) is 33.5 Å². The van der Waals surface area contributed by atoms with Crippen LogP contribution in [-0.2, 0) is 25.7 Å². The Balaban J connectivity index is 0.000000131. The molecule has 576 valence electrons. The standard InChI is InChI=1S/2C23H25N5O.2C21H24N4OS/c1-27-10-12-28(13-11-27)20-3-5-22(26-16-20)23(29)15-19-14-18(2-4-21(19)24)17-6-8-25-9-7-17;1-27-10-12-28(13-11-27)23-5-3-19(16-26-23)22(29)15-20-14-18(2-4-21(20)24)17-6-8-25-9-7-17;1-24-8-10-25(11-9-24)21-23-14-20(27-21)19(26)13-17-12-16(6-7-18(17)22)15-4-2-3-5-15;1-14-20(27-21(24-14)25-10-8-23-9-11-25)19(26)13-17-12-16(6-7-18(17)22)15-4-2-3-5-15/h2*2-9,14,16H,10-13,15,24H2,1H3;2-4,6-7,12,14H,5,8-11,13,22H2,1H3;2-4,6-7,12,23H,5,8-11,13,22H2,1H3. The predicted octanol–water partition coefficient (Wildman–Crippen LogP) is 12.3. The molecule has 0 radical (unpaired) electrons. The Kier molecular flexibility index (Phi) is 26.4. The first-order chi connectivity index (χ1) is 54.4. The molecular formula is C88H98N18O4S2. The van der Waals surface area contributed by atoms with E-state index in [1.54, 1.807) is 43.4 Å². The number of nitrogens with one attached hydrogen (secondary N) is 1. The van der Waals surface area contributed by atoms with Gasteiger partial charge in [0, 0.05) is 190 Å². The number of aromatic nitrogens is 6. The molecule has 10 heterocycles. The fourth-order valence-corrected chi connectivity index (χ4v) is 16.0. The van der Waals surface area contributed by atoms with Crippen molar-refractivity contribution in [2.24, 2.45) is 0 Å². The monoisotopic (exact) mass is 1530 g/mol. The number of hydrogen-bond donors (Lipinski definition) is 5. The second-order valence-corrected chi connectivity index (χ2v) is 31.0. The fourth-order valence-electron chi connectivity index (χ4n) is 14.0. The first-order valence-electron chi connectivity index (χ1n) is 38.2. The summed E-state index contributed by atoms with van der Waals surface area (Å²) in [4.78, 5) is 95.0. The number of thiazole rings is 2. The van der Waals surface area contributed by atoms with Crippen LogP contribution in [0.3, 0.4) is 0 Å². The Morgan fingerprint density at radius 1 is 0.420 bits per heavy atom. The third kappa shape index (κ3) is 20.6. The van der Waals surface area contributed by atoms with Crippen LogP contribution in [0.4, 0.5) is 44.5 Å². The molecule has 6 aliphatic rings. The van der Waals surface area contributed by atoms with Gasteiger partial charge in [0.25, 0.3) is 0 Å². The topological polar surface area (TPSA) is 284 Å². The number of nitrogen functional groups attached to an aromatic ring is 4. The number of pyridine rings is 4. The van der Waals surface area contributed by atoms with E-state index in [1.807, 2.05) is 116 Å². The average molecular weight is 1540 g/mol. The maximum absolute atomic E-state index is 13.0. The summed E-state index contributed by atoms with van der Waals surface area (Å²) < 4.78 is 0. The molecule has 0 saturated carbocycles. The summed E-state index contributed by atoms with van der Waals surface area (Å²) in [7, 11) is 6.39. The van der Waals surface area contributed by atoms with Gasteiger partial charge in [-0.25, -0.2) is 15.0 Å². The number of carbonyl (C=O) groups is 4. The molecule has 4 aliphatic heterocycles. The third-order valence-electron chi connectivity index (χ3n) is 21.1. The Hall–Kier alpha value is -11.4. The first-order valence-corrected chi connectivity index (χ1v) is 39.9. The number of carbonyl (C=O) groups excluding carboxylic acids is 4. The molecule has 0 spiro atoms. The number of aryl methyl sites for hydroxylation is 1. The summed E-state index contributed by atoms with van der Waals surface area (Å²) in [6.45, 7) is 17.6. The van der Waals surface area contributed by atoms with Gasteiger partial charge in [-0.05, 0) is 205 Å². The number of nitrogens with two attached hydrogens (primary N) is 4. The van der Waals surface area contributed by atoms with Crippen molar-refractivity contribution < 1.29 is 19.2 Å². The number of benzene rings is 4. The zero-order valence-electron chi connectivity index (χ0n) is 64.2. The lowest BCUT2D eigenvalue weighted by atomic mass is 9.98. The van der Waals surface area contributed by atoms with E-state index in [9.17, 15) is 19.2 Å². The molecule has 0 atom stereocenters. The number of Topliss-reactive ketones (excluding diaryl/α,β-unsaturated/α-hetero) is 4. The van der Waals surface area contributed by atoms with Crippen molar-refractivity contribution in [2.45, 2.75) is 45.4 Å². The highest BCUT2D eigenvalue weighted by Crippen LogP contribution is 2.34. The van der Waals surface area contributed by atoms with Crippen LogP contribution in [-0.4, -0.2) is 194 Å². The molecule has 0 amide bonds. The number of anilines is 8. The van der Waals surface area contributed by atoms with Crippen LogP contribution in [0, 0.1) is 6.92 Å². The molecule has 4 fully saturated rings. The molecule has 4 saturated heterocycles. The highest BCUT2D eigenvalue weighted by molar-refractivity contribution is 7.18. The highest BCUT2D eigenvalue weighted by Gasteiger charge is 2.25. The van der Waals surface area contributed by atoms with Crippen LogP contribution < -0.4 is 47.9 Å². The number of hydrogen-bond acceptors (Lipinski definition) is 24. The summed E-state index contributed by atoms with van der Waals surface area (Å²) in [5.74, 6) is 1.08. The minimum absolute atomic E-state index is 0.0148. The van der Waals surface area contributed by atoms with Gasteiger partial charge in [0.1, 0.15) is 11.5 Å². The van der Waals surface area contributed by atoms with E-state index in [2.05, 4.69) is 139 Å². The zero-order valence-corrected chi connectivity index (χ0v) is 65.8. The lowest BCUT2D eigenvalue weighted by Gasteiger charge is -2.33. The fraction of sp³-hybridized carbons (Fsp3) is 0.295. The summed E-state index contributed by atoms with van der Waals surface area (Å²) in [5, 5.41) is 5.23. The minimum Gasteiger partial charge on any atom is -0.398 e. The highest BCUT2D eigenvalue weighted by atomic mass is 32.1. The van der Waals surface area contributed by atoms with E-state index < -0.39 is 0 Å². The summed E-state index contributed by atoms with van der Waals surface area (Å²) in [6, 6.07) is 38.9. The molecule has 24 heteroatoms. The third-order valence-corrected chi connectivity index (χ3v) is 23.4. The quantitative estimate of drug-likeness (QED) is 0.0350. The second-order valence-electron chi connectivity index (χ2n) is 29.0. The largest absolute Gasteiger partial charge is 0.398 e. The summed E-state index contributed by atoms with van der Waals surface area (Å²) >= 11 is 2.99. The molecule has 22 nitrogen and oxygen atoms in total. The van der Waals surface area contributed by atoms with Crippen molar-refractivity contribution in [2.75, 3.05) is 168 Å². The summed E-state index contributed by atoms with van der Waals surface area (Å²) in [5.41, 5.74) is 42.5. The molecule has 16 rings (SSSR count). The van der Waals surface area contributed by atoms with Gasteiger partial charge in [-0.3, -0.25) is 34.1 Å². The van der Waals surface area contributed by atoms with Crippen molar-refractivity contribution in [1.82, 2.24) is 49.9 Å².